The van der Waals surface area contributed by atoms with E-state index in [0.29, 0.717) is 11.3 Å². The molecule has 2 heterocycles. The normalized spacial score (nSPS) is 20.2. The summed E-state index contributed by atoms with van der Waals surface area (Å²) in [4.78, 5) is 41.2. The van der Waals surface area contributed by atoms with Crippen molar-refractivity contribution in [2.45, 2.75) is 18.4 Å². The number of para-hydroxylation sites is 1. The Bertz CT molecular complexity index is 1260. The number of hydrazone groups is 1. The second-order valence-electron chi connectivity index (χ2n) is 7.76. The van der Waals surface area contributed by atoms with Crippen LogP contribution in [0.1, 0.15) is 28.8 Å². The van der Waals surface area contributed by atoms with Crippen molar-refractivity contribution in [2.75, 3.05) is 4.90 Å². The summed E-state index contributed by atoms with van der Waals surface area (Å²) < 4.78 is 14.5. The van der Waals surface area contributed by atoms with Gasteiger partial charge in [0.1, 0.15) is 5.82 Å². The van der Waals surface area contributed by atoms with E-state index in [0.717, 1.165) is 9.91 Å². The molecular weight excluding hydrogens is 409 g/mol. The average Bonchev–Trinajstić information content (AvgIpc) is 3.31. The van der Waals surface area contributed by atoms with E-state index in [1.54, 1.807) is 78.9 Å². The van der Waals surface area contributed by atoms with Crippen LogP contribution in [0.4, 0.5) is 10.1 Å². The number of nitrogens with zero attached hydrogens (tertiary/aromatic N) is 3. The molecule has 3 aromatic carbocycles. The molecule has 0 aliphatic carbocycles. The molecule has 0 bridgehead atoms. The van der Waals surface area contributed by atoms with Gasteiger partial charge in [-0.3, -0.25) is 14.4 Å². The van der Waals surface area contributed by atoms with Gasteiger partial charge in [0.15, 0.2) is 5.54 Å². The zero-order chi connectivity index (χ0) is 22.3. The standard InChI is InChI=1S/C25H18FN3O3/c26-20-14-8-7-13-19(20)21-15-25(29(27-21)23(31)17-9-3-1-4-10-17)16-22(30)28(24(25)32)18-11-5-2-6-12-18/h1-14H,15-16H2. The van der Waals surface area contributed by atoms with Crippen molar-refractivity contribution < 1.29 is 18.8 Å². The van der Waals surface area contributed by atoms with E-state index in [-0.39, 0.29) is 24.1 Å². The van der Waals surface area contributed by atoms with Gasteiger partial charge in [-0.2, -0.15) is 5.10 Å². The molecule has 0 N–H and O–H groups in total. The van der Waals surface area contributed by atoms with Crippen molar-refractivity contribution in [3.8, 4) is 0 Å². The molecule has 1 atom stereocenters. The Morgan fingerprint density at radius 1 is 0.844 bits per heavy atom. The first-order valence-electron chi connectivity index (χ1n) is 10.2. The van der Waals surface area contributed by atoms with Gasteiger partial charge in [0.25, 0.3) is 11.8 Å². The van der Waals surface area contributed by atoms with Crippen LogP contribution in [0.3, 0.4) is 0 Å². The van der Waals surface area contributed by atoms with Crippen molar-refractivity contribution >= 4 is 29.1 Å². The number of carbonyl (C=O) groups is 3. The first-order chi connectivity index (χ1) is 15.5. The lowest BCUT2D eigenvalue weighted by atomic mass is 9.88. The van der Waals surface area contributed by atoms with Crippen molar-refractivity contribution in [3.05, 3.63) is 102 Å². The fraction of sp³-hybridized carbons (Fsp3) is 0.120. The molecule has 3 aromatic rings. The van der Waals surface area contributed by atoms with Crippen LogP contribution in [0, 0.1) is 5.82 Å². The second kappa shape index (κ2) is 7.53. The number of hydrogen-bond acceptors (Lipinski definition) is 4. The first-order valence-corrected chi connectivity index (χ1v) is 10.2. The van der Waals surface area contributed by atoms with E-state index in [1.165, 1.54) is 6.07 Å². The van der Waals surface area contributed by atoms with Gasteiger partial charge in [-0.1, -0.05) is 54.6 Å². The lowest BCUT2D eigenvalue weighted by molar-refractivity contribution is -0.125. The minimum absolute atomic E-state index is 0.0551. The molecule has 0 saturated carbocycles. The Hall–Kier alpha value is -4.13. The maximum absolute atomic E-state index is 14.5. The molecule has 2 aliphatic heterocycles. The molecule has 0 aromatic heterocycles. The summed E-state index contributed by atoms with van der Waals surface area (Å²) in [6.07, 6.45) is -0.291. The van der Waals surface area contributed by atoms with Gasteiger partial charge in [0.05, 0.1) is 17.8 Å². The number of halogens is 1. The maximum atomic E-state index is 14.5. The topological polar surface area (TPSA) is 70.0 Å². The van der Waals surface area contributed by atoms with Crippen LogP contribution in [0.2, 0.25) is 0 Å². The molecule has 1 fully saturated rings. The third kappa shape index (κ3) is 3.01. The number of imide groups is 1. The van der Waals surface area contributed by atoms with E-state index in [9.17, 15) is 18.8 Å². The SMILES string of the molecule is O=C1CC2(CC(c3ccccc3F)=NN2C(=O)c2ccccc2)C(=O)N1c1ccccc1. The lowest BCUT2D eigenvalue weighted by Gasteiger charge is -2.30. The van der Waals surface area contributed by atoms with Gasteiger partial charge in [-0.15, -0.1) is 0 Å². The molecule has 3 amide bonds. The monoisotopic (exact) mass is 427 g/mol. The number of amides is 3. The summed E-state index contributed by atoms with van der Waals surface area (Å²) in [5.41, 5.74) is -0.344. The van der Waals surface area contributed by atoms with Crippen molar-refractivity contribution in [3.63, 3.8) is 0 Å². The van der Waals surface area contributed by atoms with Crippen LogP contribution in [0.15, 0.2) is 90.0 Å². The van der Waals surface area contributed by atoms with Crippen molar-refractivity contribution in [1.29, 1.82) is 0 Å². The Kier molecular flexibility index (Phi) is 4.66. The Morgan fingerprint density at radius 3 is 2.16 bits per heavy atom. The number of benzene rings is 3. The third-order valence-electron chi connectivity index (χ3n) is 5.79. The largest absolute Gasteiger partial charge is 0.275 e. The number of rotatable bonds is 3. The van der Waals surface area contributed by atoms with Crippen LogP contribution in [0.25, 0.3) is 0 Å². The molecule has 7 heteroatoms. The molecule has 6 nitrogen and oxygen atoms in total. The second-order valence-corrected chi connectivity index (χ2v) is 7.76. The van der Waals surface area contributed by atoms with E-state index in [1.807, 2.05) is 0 Å². The fourth-order valence-corrected chi connectivity index (χ4v) is 4.26. The fourth-order valence-electron chi connectivity index (χ4n) is 4.26. The summed E-state index contributed by atoms with van der Waals surface area (Å²) in [7, 11) is 0. The summed E-state index contributed by atoms with van der Waals surface area (Å²) in [6.45, 7) is 0. The molecule has 5 rings (SSSR count). The highest BCUT2D eigenvalue weighted by Gasteiger charge is 2.61. The Labute approximate surface area is 183 Å². The average molecular weight is 427 g/mol. The van der Waals surface area contributed by atoms with Crippen LogP contribution in [-0.2, 0) is 9.59 Å². The molecule has 32 heavy (non-hydrogen) atoms. The molecule has 158 valence electrons. The van der Waals surface area contributed by atoms with Gasteiger partial charge < -0.3 is 0 Å². The number of hydrogen-bond donors (Lipinski definition) is 0. The molecule has 1 unspecified atom stereocenters. The van der Waals surface area contributed by atoms with Gasteiger partial charge in [0.2, 0.25) is 5.91 Å². The zero-order valence-corrected chi connectivity index (χ0v) is 16.9. The smallest absolute Gasteiger partial charge is 0.274 e. The summed E-state index contributed by atoms with van der Waals surface area (Å²) in [5.74, 6) is -2.01. The number of carbonyl (C=O) groups excluding carboxylic acids is 3. The van der Waals surface area contributed by atoms with Gasteiger partial charge in [-0.05, 0) is 30.3 Å². The van der Waals surface area contributed by atoms with E-state index >= 15 is 0 Å². The van der Waals surface area contributed by atoms with Gasteiger partial charge in [-0.25, -0.2) is 14.3 Å². The summed E-state index contributed by atoms with van der Waals surface area (Å²) >= 11 is 0. The van der Waals surface area contributed by atoms with Crippen LogP contribution < -0.4 is 4.90 Å². The maximum Gasteiger partial charge on any atom is 0.275 e. The highest BCUT2D eigenvalue weighted by atomic mass is 19.1. The predicted octanol–water partition coefficient (Wildman–Crippen LogP) is 3.78. The highest BCUT2D eigenvalue weighted by molar-refractivity contribution is 6.27. The van der Waals surface area contributed by atoms with Crippen molar-refractivity contribution in [1.82, 2.24) is 5.01 Å². The minimum Gasteiger partial charge on any atom is -0.274 e. The zero-order valence-electron chi connectivity index (χ0n) is 16.9. The Balaban J connectivity index is 1.62. The van der Waals surface area contributed by atoms with Gasteiger partial charge >= 0.3 is 0 Å². The van der Waals surface area contributed by atoms with Crippen molar-refractivity contribution in [2.24, 2.45) is 5.10 Å². The van der Waals surface area contributed by atoms with Crippen LogP contribution >= 0.6 is 0 Å². The van der Waals surface area contributed by atoms with Crippen LogP contribution in [-0.4, -0.2) is 34.0 Å². The molecule has 2 aliphatic rings. The first kappa shape index (κ1) is 19.8. The highest BCUT2D eigenvalue weighted by Crippen LogP contribution is 2.42. The van der Waals surface area contributed by atoms with Gasteiger partial charge in [0, 0.05) is 17.5 Å². The molecule has 1 saturated heterocycles. The van der Waals surface area contributed by atoms with E-state index in [4.69, 9.17) is 0 Å². The third-order valence-corrected chi connectivity index (χ3v) is 5.79. The molecular formula is C25H18FN3O3. The number of anilines is 1. The summed E-state index contributed by atoms with van der Waals surface area (Å²) in [5, 5.41) is 5.48. The molecule has 1 spiro atoms. The van der Waals surface area contributed by atoms with Crippen LogP contribution in [0.5, 0.6) is 0 Å². The lowest BCUT2D eigenvalue weighted by Crippen LogP contribution is -2.52. The summed E-state index contributed by atoms with van der Waals surface area (Å²) in [6, 6.07) is 23.0. The molecule has 0 radical (unpaired) electrons. The predicted molar refractivity (Wildman–Crippen MR) is 116 cm³/mol. The van der Waals surface area contributed by atoms with E-state index < -0.39 is 29.1 Å². The minimum atomic E-state index is -1.54. The quantitative estimate of drug-likeness (QED) is 0.598. The Morgan fingerprint density at radius 2 is 1.47 bits per heavy atom. The van der Waals surface area contributed by atoms with E-state index in [2.05, 4.69) is 5.10 Å².